The molecule has 3 aromatic rings. The van der Waals surface area contributed by atoms with Crippen LogP contribution in [0.15, 0.2) is 24.7 Å². The van der Waals surface area contributed by atoms with Crippen LogP contribution in [0.3, 0.4) is 0 Å². The Hall–Kier alpha value is -2.44. The summed E-state index contributed by atoms with van der Waals surface area (Å²) in [6, 6.07) is 4.00. The first kappa shape index (κ1) is 18.9. The largest absolute Gasteiger partial charge is 0.381 e. The standard InChI is InChI=1S/C21H23ClN4O2/c1-12-18-17(26-20(12)14-5-7-28-8-6-14)4-3-15(19(18)22)9-24-21(27)16-10-23-11-25-13(16)2/h3-4,10-11,14,26H,5-9H2,1-2H3,(H,24,27). The number of amides is 1. The highest BCUT2D eigenvalue weighted by Gasteiger charge is 2.22. The second-order valence-electron chi connectivity index (χ2n) is 7.22. The number of H-pyrrole nitrogens is 1. The Morgan fingerprint density at radius 1 is 1.32 bits per heavy atom. The van der Waals surface area contributed by atoms with E-state index in [0.717, 1.165) is 42.5 Å². The summed E-state index contributed by atoms with van der Waals surface area (Å²) in [6.07, 6.45) is 5.00. The number of carbonyl (C=O) groups excluding carboxylic acids is 1. The molecule has 6 nitrogen and oxygen atoms in total. The van der Waals surface area contributed by atoms with Crippen molar-refractivity contribution in [2.45, 2.75) is 39.2 Å². The fraction of sp³-hybridized carbons (Fsp3) is 0.381. The number of aromatic amines is 1. The molecule has 7 heteroatoms. The number of rotatable bonds is 4. The van der Waals surface area contributed by atoms with Gasteiger partial charge in [0.15, 0.2) is 0 Å². The lowest BCUT2D eigenvalue weighted by Gasteiger charge is -2.21. The van der Waals surface area contributed by atoms with Gasteiger partial charge in [0.1, 0.15) is 6.33 Å². The van der Waals surface area contributed by atoms with Crippen LogP contribution in [0.2, 0.25) is 5.02 Å². The van der Waals surface area contributed by atoms with Crippen molar-refractivity contribution in [1.82, 2.24) is 20.3 Å². The molecule has 0 aliphatic carbocycles. The summed E-state index contributed by atoms with van der Waals surface area (Å²) in [7, 11) is 0. The highest BCUT2D eigenvalue weighted by atomic mass is 35.5. The van der Waals surface area contributed by atoms with Crippen molar-refractivity contribution in [3.05, 3.63) is 57.8 Å². The minimum absolute atomic E-state index is 0.206. The highest BCUT2D eigenvalue weighted by molar-refractivity contribution is 6.36. The normalized spacial score (nSPS) is 15.1. The molecule has 1 amide bonds. The van der Waals surface area contributed by atoms with E-state index in [-0.39, 0.29) is 5.91 Å². The topological polar surface area (TPSA) is 79.9 Å². The molecular weight excluding hydrogens is 376 g/mol. The number of hydrogen-bond donors (Lipinski definition) is 2. The Morgan fingerprint density at radius 2 is 2.11 bits per heavy atom. The molecule has 1 fully saturated rings. The molecule has 0 radical (unpaired) electrons. The maximum atomic E-state index is 12.4. The Labute approximate surface area is 168 Å². The van der Waals surface area contributed by atoms with Crippen molar-refractivity contribution in [3.8, 4) is 0 Å². The molecule has 1 aliphatic rings. The molecule has 0 atom stereocenters. The van der Waals surface area contributed by atoms with Crippen LogP contribution in [0.25, 0.3) is 10.9 Å². The fourth-order valence-electron chi connectivity index (χ4n) is 3.88. The molecule has 1 aliphatic heterocycles. The molecule has 4 rings (SSSR count). The average Bonchev–Trinajstić information content (AvgIpc) is 3.05. The monoisotopic (exact) mass is 398 g/mol. The van der Waals surface area contributed by atoms with Crippen molar-refractivity contribution in [3.63, 3.8) is 0 Å². The van der Waals surface area contributed by atoms with Gasteiger partial charge in [-0.15, -0.1) is 0 Å². The molecule has 2 N–H and O–H groups in total. The highest BCUT2D eigenvalue weighted by Crippen LogP contribution is 2.37. The Balaban J connectivity index is 1.58. The lowest BCUT2D eigenvalue weighted by molar-refractivity contribution is 0.0845. The number of aryl methyl sites for hydroxylation is 2. The molecular formula is C21H23ClN4O2. The van der Waals surface area contributed by atoms with Gasteiger partial charge in [-0.2, -0.15) is 0 Å². The second-order valence-corrected chi connectivity index (χ2v) is 7.59. The van der Waals surface area contributed by atoms with Crippen molar-refractivity contribution < 1.29 is 9.53 Å². The zero-order chi connectivity index (χ0) is 19.7. The summed E-state index contributed by atoms with van der Waals surface area (Å²) >= 11 is 6.74. The molecule has 0 bridgehead atoms. The molecule has 0 unspecified atom stereocenters. The molecule has 2 aromatic heterocycles. The summed E-state index contributed by atoms with van der Waals surface area (Å²) in [4.78, 5) is 24.0. The summed E-state index contributed by atoms with van der Waals surface area (Å²) in [6.45, 7) is 5.85. The number of benzene rings is 1. The number of halogens is 1. The van der Waals surface area contributed by atoms with Gasteiger partial charge in [0.2, 0.25) is 0 Å². The van der Waals surface area contributed by atoms with Crippen LogP contribution in [0.1, 0.15) is 51.6 Å². The summed E-state index contributed by atoms with van der Waals surface area (Å²) < 4.78 is 5.49. The molecule has 3 heterocycles. The van der Waals surface area contributed by atoms with Crippen molar-refractivity contribution in [1.29, 1.82) is 0 Å². The number of fused-ring (bicyclic) bond motifs is 1. The third kappa shape index (κ3) is 3.50. The van der Waals surface area contributed by atoms with Crippen LogP contribution in [-0.4, -0.2) is 34.1 Å². The molecule has 1 aromatic carbocycles. The lowest BCUT2D eigenvalue weighted by Crippen LogP contribution is -2.24. The minimum Gasteiger partial charge on any atom is -0.381 e. The van der Waals surface area contributed by atoms with Gasteiger partial charge >= 0.3 is 0 Å². The van der Waals surface area contributed by atoms with Gasteiger partial charge < -0.3 is 15.0 Å². The van der Waals surface area contributed by atoms with Crippen molar-refractivity contribution in [2.75, 3.05) is 13.2 Å². The van der Waals surface area contributed by atoms with Crippen LogP contribution in [0, 0.1) is 13.8 Å². The summed E-state index contributed by atoms with van der Waals surface area (Å²) in [5.74, 6) is 0.268. The number of aromatic nitrogens is 3. The summed E-state index contributed by atoms with van der Waals surface area (Å²) in [5, 5.41) is 4.64. The number of ether oxygens (including phenoxy) is 1. The van der Waals surface area contributed by atoms with E-state index < -0.39 is 0 Å². The Kier molecular flexibility index (Phi) is 5.33. The smallest absolute Gasteiger partial charge is 0.254 e. The third-order valence-electron chi connectivity index (χ3n) is 5.50. The first-order valence-corrected chi connectivity index (χ1v) is 9.86. The van der Waals surface area contributed by atoms with Gasteiger partial charge in [-0.1, -0.05) is 17.7 Å². The van der Waals surface area contributed by atoms with E-state index in [0.29, 0.717) is 28.7 Å². The third-order valence-corrected chi connectivity index (χ3v) is 5.93. The Bertz CT molecular complexity index is 1020. The van der Waals surface area contributed by atoms with Crippen LogP contribution in [-0.2, 0) is 11.3 Å². The van der Waals surface area contributed by atoms with Gasteiger partial charge in [-0.25, -0.2) is 9.97 Å². The minimum atomic E-state index is -0.206. The van der Waals surface area contributed by atoms with Gasteiger partial charge in [0.05, 0.1) is 16.3 Å². The number of nitrogens with one attached hydrogen (secondary N) is 2. The fourth-order valence-corrected chi connectivity index (χ4v) is 4.25. The molecule has 28 heavy (non-hydrogen) atoms. The van der Waals surface area contributed by atoms with Crippen LogP contribution >= 0.6 is 11.6 Å². The SMILES string of the molecule is Cc1ncncc1C(=O)NCc1ccc2[nH]c(C3CCOCC3)c(C)c2c1Cl. The Morgan fingerprint density at radius 3 is 2.86 bits per heavy atom. The number of hydrogen-bond acceptors (Lipinski definition) is 4. The van der Waals surface area contributed by atoms with Crippen molar-refractivity contribution in [2.24, 2.45) is 0 Å². The average molecular weight is 399 g/mol. The van der Waals surface area contributed by atoms with Crippen molar-refractivity contribution >= 4 is 28.4 Å². The summed E-state index contributed by atoms with van der Waals surface area (Å²) in [5.41, 5.74) is 5.48. The maximum absolute atomic E-state index is 12.4. The van der Waals surface area contributed by atoms with Crippen LogP contribution in [0.5, 0.6) is 0 Å². The second kappa shape index (κ2) is 7.89. The van der Waals surface area contributed by atoms with Crippen LogP contribution < -0.4 is 5.32 Å². The first-order valence-electron chi connectivity index (χ1n) is 9.48. The van der Waals surface area contributed by atoms with Gasteiger partial charge in [-0.3, -0.25) is 4.79 Å². The number of nitrogens with zero attached hydrogens (tertiary/aromatic N) is 2. The predicted octanol–water partition coefficient (Wildman–Crippen LogP) is 4.05. The zero-order valence-corrected chi connectivity index (χ0v) is 16.8. The predicted molar refractivity (Wildman–Crippen MR) is 109 cm³/mol. The molecule has 0 saturated carbocycles. The number of carbonyl (C=O) groups is 1. The molecule has 0 spiro atoms. The van der Waals surface area contributed by atoms with E-state index in [9.17, 15) is 4.79 Å². The van der Waals surface area contributed by atoms with E-state index >= 15 is 0 Å². The van der Waals surface area contributed by atoms with E-state index in [1.54, 1.807) is 6.92 Å². The van der Waals surface area contributed by atoms with E-state index in [1.165, 1.54) is 23.8 Å². The maximum Gasteiger partial charge on any atom is 0.254 e. The molecule has 1 saturated heterocycles. The quantitative estimate of drug-likeness (QED) is 0.694. The zero-order valence-electron chi connectivity index (χ0n) is 16.0. The first-order chi connectivity index (χ1) is 13.6. The van der Waals surface area contributed by atoms with E-state index in [4.69, 9.17) is 16.3 Å². The van der Waals surface area contributed by atoms with E-state index in [1.807, 2.05) is 12.1 Å². The van der Waals surface area contributed by atoms with Gasteiger partial charge in [0, 0.05) is 48.5 Å². The van der Waals surface area contributed by atoms with Gasteiger partial charge in [-0.05, 0) is 43.9 Å². The van der Waals surface area contributed by atoms with Gasteiger partial charge in [0.25, 0.3) is 5.91 Å². The van der Waals surface area contributed by atoms with Crippen LogP contribution in [0.4, 0.5) is 0 Å². The van der Waals surface area contributed by atoms with E-state index in [2.05, 4.69) is 27.2 Å². The molecule has 146 valence electrons. The lowest BCUT2D eigenvalue weighted by atomic mass is 9.93.